The van der Waals surface area contributed by atoms with Crippen LogP contribution in [0, 0.1) is 6.92 Å². The maximum atomic E-state index is 12.3. The quantitative estimate of drug-likeness (QED) is 0.780. The maximum absolute atomic E-state index is 12.3. The van der Waals surface area contributed by atoms with Gasteiger partial charge in [0.25, 0.3) is 10.2 Å². The van der Waals surface area contributed by atoms with E-state index in [9.17, 15) is 13.2 Å². The third-order valence-electron chi connectivity index (χ3n) is 3.54. The second kappa shape index (κ2) is 8.02. The van der Waals surface area contributed by atoms with E-state index in [0.29, 0.717) is 18.9 Å². The fourth-order valence-electron chi connectivity index (χ4n) is 2.46. The number of nitrogens with one attached hydrogen (secondary N) is 2. The Kier molecular flexibility index (Phi) is 6.27. The number of hydrogen-bond acceptors (Lipinski definition) is 5. The summed E-state index contributed by atoms with van der Waals surface area (Å²) in [5, 5.41) is 2.63. The van der Waals surface area contributed by atoms with E-state index in [2.05, 4.69) is 15.0 Å². The van der Waals surface area contributed by atoms with Crippen LogP contribution in [0.2, 0.25) is 0 Å². The molecular weight excluding hydrogens is 332 g/mol. The van der Waals surface area contributed by atoms with Crippen molar-refractivity contribution < 1.29 is 17.9 Å². The van der Waals surface area contributed by atoms with Crippen LogP contribution < -0.4 is 10.0 Å². The number of amides is 1. The molecule has 0 aliphatic carbocycles. The van der Waals surface area contributed by atoms with E-state index in [1.165, 1.54) is 4.31 Å². The molecule has 9 heteroatoms. The number of hydrogen-bond donors (Lipinski definition) is 2. The predicted octanol–water partition coefficient (Wildman–Crippen LogP) is 0.662. The standard InChI is InChI=1S/C15H24N4O4S/c1-11-4-5-14(16-8-11)18-15(20)6-7-17-24(21,22)19-9-12(2)23-13(3)10-19/h4-5,8,12-13,17H,6-7,9-10H2,1-3H3,(H,16,18,20)/t12-,13-/m0/s1. The summed E-state index contributed by atoms with van der Waals surface area (Å²) in [7, 11) is -3.62. The maximum Gasteiger partial charge on any atom is 0.279 e. The molecule has 0 aromatic carbocycles. The molecule has 0 bridgehead atoms. The van der Waals surface area contributed by atoms with Crippen molar-refractivity contribution in [2.45, 2.75) is 39.4 Å². The first-order chi connectivity index (χ1) is 11.3. The molecule has 8 nitrogen and oxygen atoms in total. The Labute approximate surface area is 142 Å². The van der Waals surface area contributed by atoms with Crippen LogP contribution in [0.5, 0.6) is 0 Å². The molecule has 1 aromatic heterocycles. The van der Waals surface area contributed by atoms with Gasteiger partial charge < -0.3 is 10.1 Å². The normalized spacial score (nSPS) is 22.3. The predicted molar refractivity (Wildman–Crippen MR) is 90.7 cm³/mol. The summed E-state index contributed by atoms with van der Waals surface area (Å²) in [6.07, 6.45) is 1.38. The van der Waals surface area contributed by atoms with Gasteiger partial charge in [0.1, 0.15) is 5.82 Å². The van der Waals surface area contributed by atoms with Gasteiger partial charge >= 0.3 is 0 Å². The van der Waals surface area contributed by atoms with E-state index in [-0.39, 0.29) is 31.1 Å². The van der Waals surface area contributed by atoms with E-state index in [1.54, 1.807) is 12.3 Å². The fourth-order valence-corrected chi connectivity index (χ4v) is 3.81. The van der Waals surface area contributed by atoms with Crippen molar-refractivity contribution in [1.29, 1.82) is 0 Å². The first-order valence-electron chi connectivity index (χ1n) is 7.89. The molecule has 1 aliphatic heterocycles. The van der Waals surface area contributed by atoms with Crippen LogP contribution in [-0.2, 0) is 19.7 Å². The third kappa shape index (κ3) is 5.52. The number of anilines is 1. The lowest BCUT2D eigenvalue weighted by Crippen LogP contribution is -2.52. The van der Waals surface area contributed by atoms with Gasteiger partial charge in [-0.15, -0.1) is 0 Å². The molecule has 0 saturated carbocycles. The van der Waals surface area contributed by atoms with Gasteiger partial charge in [-0.2, -0.15) is 12.7 Å². The van der Waals surface area contributed by atoms with Gasteiger partial charge in [-0.25, -0.2) is 9.71 Å². The Balaban J connectivity index is 1.79. The Hall–Kier alpha value is -1.55. The van der Waals surface area contributed by atoms with Crippen molar-refractivity contribution in [3.63, 3.8) is 0 Å². The highest BCUT2D eigenvalue weighted by Crippen LogP contribution is 2.13. The molecule has 24 heavy (non-hydrogen) atoms. The number of carbonyl (C=O) groups is 1. The van der Waals surface area contributed by atoms with Crippen molar-refractivity contribution in [2.24, 2.45) is 0 Å². The minimum atomic E-state index is -3.62. The van der Waals surface area contributed by atoms with Gasteiger partial charge in [0.05, 0.1) is 12.2 Å². The molecule has 1 fully saturated rings. The minimum Gasteiger partial charge on any atom is -0.373 e. The van der Waals surface area contributed by atoms with Crippen LogP contribution in [0.4, 0.5) is 5.82 Å². The van der Waals surface area contributed by atoms with Crippen molar-refractivity contribution in [3.8, 4) is 0 Å². The fraction of sp³-hybridized carbons (Fsp3) is 0.600. The first-order valence-corrected chi connectivity index (χ1v) is 9.33. The van der Waals surface area contributed by atoms with Gasteiger partial charge in [-0.1, -0.05) is 6.07 Å². The molecule has 134 valence electrons. The van der Waals surface area contributed by atoms with E-state index in [4.69, 9.17) is 4.74 Å². The Morgan fingerprint density at radius 1 is 1.33 bits per heavy atom. The van der Waals surface area contributed by atoms with Gasteiger partial charge in [-0.05, 0) is 32.4 Å². The topological polar surface area (TPSA) is 101 Å². The minimum absolute atomic E-state index is 0.0279. The van der Waals surface area contributed by atoms with Gasteiger partial charge in [0, 0.05) is 32.3 Å². The SMILES string of the molecule is Cc1ccc(NC(=O)CCNS(=O)(=O)N2C[C@H](C)O[C@@H](C)C2)nc1. The van der Waals surface area contributed by atoms with E-state index in [0.717, 1.165) is 5.56 Å². The zero-order valence-corrected chi connectivity index (χ0v) is 15.0. The highest BCUT2D eigenvalue weighted by atomic mass is 32.2. The number of carbonyl (C=O) groups excluding carboxylic acids is 1. The zero-order valence-electron chi connectivity index (χ0n) is 14.2. The van der Waals surface area contributed by atoms with Crippen LogP contribution in [0.25, 0.3) is 0 Å². The largest absolute Gasteiger partial charge is 0.373 e. The average Bonchev–Trinajstić information content (AvgIpc) is 2.48. The summed E-state index contributed by atoms with van der Waals surface area (Å²) < 4.78 is 33.9. The molecule has 1 saturated heterocycles. The Morgan fingerprint density at radius 3 is 2.58 bits per heavy atom. The number of morpholine rings is 1. The summed E-state index contributed by atoms with van der Waals surface area (Å²) in [5.41, 5.74) is 0.995. The van der Waals surface area contributed by atoms with E-state index >= 15 is 0 Å². The monoisotopic (exact) mass is 356 g/mol. The summed E-state index contributed by atoms with van der Waals surface area (Å²) >= 11 is 0. The van der Waals surface area contributed by atoms with Crippen LogP contribution >= 0.6 is 0 Å². The van der Waals surface area contributed by atoms with Crippen molar-refractivity contribution in [3.05, 3.63) is 23.9 Å². The summed E-state index contributed by atoms with van der Waals surface area (Å²) in [6, 6.07) is 3.54. The molecule has 0 spiro atoms. The van der Waals surface area contributed by atoms with Crippen LogP contribution in [0.3, 0.4) is 0 Å². The number of aromatic nitrogens is 1. The number of rotatable bonds is 6. The second-order valence-corrected chi connectivity index (χ2v) is 7.75. The lowest BCUT2D eigenvalue weighted by molar-refractivity contribution is -0.116. The molecule has 2 N–H and O–H groups in total. The molecule has 2 rings (SSSR count). The number of ether oxygens (including phenoxy) is 1. The molecule has 2 heterocycles. The van der Waals surface area contributed by atoms with E-state index < -0.39 is 10.2 Å². The summed E-state index contributed by atoms with van der Waals surface area (Å²) in [6.45, 7) is 6.21. The first kappa shape index (κ1) is 18.8. The van der Waals surface area contributed by atoms with Crippen LogP contribution in [-0.4, -0.2) is 55.5 Å². The third-order valence-corrected chi connectivity index (χ3v) is 5.09. The highest BCUT2D eigenvalue weighted by Gasteiger charge is 2.30. The molecule has 2 atom stereocenters. The average molecular weight is 356 g/mol. The molecule has 1 amide bonds. The van der Waals surface area contributed by atoms with Crippen molar-refractivity contribution >= 4 is 21.9 Å². The van der Waals surface area contributed by atoms with Gasteiger partial charge in [0.15, 0.2) is 0 Å². The van der Waals surface area contributed by atoms with Gasteiger partial charge in [-0.3, -0.25) is 4.79 Å². The smallest absolute Gasteiger partial charge is 0.279 e. The van der Waals surface area contributed by atoms with Crippen molar-refractivity contribution in [2.75, 3.05) is 25.0 Å². The second-order valence-electron chi connectivity index (χ2n) is 5.99. The number of aryl methyl sites for hydroxylation is 1. The van der Waals surface area contributed by atoms with Crippen LogP contribution in [0.1, 0.15) is 25.8 Å². The van der Waals surface area contributed by atoms with E-state index in [1.807, 2.05) is 26.8 Å². The Morgan fingerprint density at radius 2 is 2.00 bits per heavy atom. The summed E-state index contributed by atoms with van der Waals surface area (Å²) in [4.78, 5) is 15.9. The molecule has 1 aliphatic rings. The number of pyridine rings is 1. The van der Waals surface area contributed by atoms with Crippen molar-refractivity contribution in [1.82, 2.24) is 14.0 Å². The summed E-state index contributed by atoms with van der Waals surface area (Å²) in [5.74, 6) is 0.155. The van der Waals surface area contributed by atoms with Crippen LogP contribution in [0.15, 0.2) is 18.3 Å². The van der Waals surface area contributed by atoms with Gasteiger partial charge in [0.2, 0.25) is 5.91 Å². The number of nitrogens with zero attached hydrogens (tertiary/aromatic N) is 2. The molecular formula is C15H24N4O4S. The highest BCUT2D eigenvalue weighted by molar-refractivity contribution is 7.87. The molecule has 0 unspecified atom stereocenters. The molecule has 0 radical (unpaired) electrons. The Bertz CT molecular complexity index is 653. The lowest BCUT2D eigenvalue weighted by atomic mass is 10.3. The zero-order chi connectivity index (χ0) is 17.7. The lowest BCUT2D eigenvalue weighted by Gasteiger charge is -2.34. The molecule has 1 aromatic rings.